The van der Waals surface area contributed by atoms with Crippen LogP contribution < -0.4 is 4.90 Å². The molecule has 0 aliphatic carbocycles. The second kappa shape index (κ2) is 5.14. The average molecular weight is 246 g/mol. The van der Waals surface area contributed by atoms with Crippen LogP contribution in [0, 0.1) is 12.7 Å². The highest BCUT2D eigenvalue weighted by Gasteiger charge is 2.08. The van der Waals surface area contributed by atoms with Gasteiger partial charge >= 0.3 is 0 Å². The van der Waals surface area contributed by atoms with Gasteiger partial charge in [0.25, 0.3) is 0 Å². The Labute approximate surface area is 106 Å². The first-order valence-corrected chi connectivity index (χ1v) is 5.68. The Morgan fingerprint density at radius 3 is 2.67 bits per heavy atom. The minimum atomic E-state index is -0.275. The van der Waals surface area contributed by atoms with Crippen LogP contribution in [0.3, 0.4) is 0 Å². The Kier molecular flexibility index (Phi) is 3.58. The van der Waals surface area contributed by atoms with E-state index in [0.29, 0.717) is 0 Å². The fourth-order valence-electron chi connectivity index (χ4n) is 1.75. The zero-order valence-corrected chi connectivity index (χ0v) is 10.4. The maximum Gasteiger partial charge on any atom is 0.132 e. The number of aliphatic hydroxyl groups excluding tert-OH is 1. The van der Waals surface area contributed by atoms with Gasteiger partial charge in [0.2, 0.25) is 0 Å². The molecule has 1 aromatic carbocycles. The molecular formula is C14H15FN2O. The number of aromatic nitrogens is 1. The van der Waals surface area contributed by atoms with E-state index in [4.69, 9.17) is 5.11 Å². The first-order chi connectivity index (χ1) is 8.61. The fourth-order valence-corrected chi connectivity index (χ4v) is 1.75. The van der Waals surface area contributed by atoms with E-state index in [1.807, 2.05) is 32.2 Å². The van der Waals surface area contributed by atoms with Gasteiger partial charge in [-0.3, -0.25) is 0 Å². The summed E-state index contributed by atoms with van der Waals surface area (Å²) in [6.45, 7) is 1.82. The Morgan fingerprint density at radius 2 is 2.06 bits per heavy atom. The van der Waals surface area contributed by atoms with Crippen LogP contribution in [0.1, 0.15) is 11.3 Å². The number of hydrogen-bond acceptors (Lipinski definition) is 3. The number of hydrogen-bond donors (Lipinski definition) is 1. The standard InChI is InChI=1S/C14H15FN2O/c1-10-11(9-18)6-7-14(16-10)17(2)13-5-3-4-12(15)8-13/h3-8,18H,9H2,1-2H3. The van der Waals surface area contributed by atoms with E-state index in [-0.39, 0.29) is 12.4 Å². The predicted molar refractivity (Wildman–Crippen MR) is 69.4 cm³/mol. The zero-order valence-electron chi connectivity index (χ0n) is 10.4. The van der Waals surface area contributed by atoms with Gasteiger partial charge in [-0.15, -0.1) is 0 Å². The zero-order chi connectivity index (χ0) is 13.1. The molecule has 0 bridgehead atoms. The number of halogens is 1. The number of rotatable bonds is 3. The molecule has 1 heterocycles. The van der Waals surface area contributed by atoms with Crippen molar-refractivity contribution >= 4 is 11.5 Å². The Bertz CT molecular complexity index is 557. The maximum atomic E-state index is 13.2. The van der Waals surface area contributed by atoms with Gasteiger partial charge in [-0.1, -0.05) is 12.1 Å². The Balaban J connectivity index is 2.34. The topological polar surface area (TPSA) is 36.4 Å². The van der Waals surface area contributed by atoms with E-state index < -0.39 is 0 Å². The summed E-state index contributed by atoms with van der Waals surface area (Å²) >= 11 is 0. The molecule has 0 amide bonds. The first kappa shape index (κ1) is 12.5. The third-order valence-corrected chi connectivity index (χ3v) is 2.89. The molecule has 0 unspecified atom stereocenters. The van der Waals surface area contributed by atoms with Crippen LogP contribution in [0.15, 0.2) is 36.4 Å². The molecule has 18 heavy (non-hydrogen) atoms. The van der Waals surface area contributed by atoms with Crippen LogP contribution in [0.2, 0.25) is 0 Å². The molecule has 1 aromatic heterocycles. The van der Waals surface area contributed by atoms with Gasteiger partial charge in [0.15, 0.2) is 0 Å². The van der Waals surface area contributed by atoms with Gasteiger partial charge in [0.1, 0.15) is 11.6 Å². The fraction of sp³-hybridized carbons (Fsp3) is 0.214. The largest absolute Gasteiger partial charge is 0.392 e. The minimum absolute atomic E-state index is 0.0250. The number of anilines is 2. The molecule has 0 atom stereocenters. The van der Waals surface area contributed by atoms with E-state index in [1.54, 1.807) is 11.0 Å². The van der Waals surface area contributed by atoms with Crippen molar-refractivity contribution in [2.24, 2.45) is 0 Å². The quantitative estimate of drug-likeness (QED) is 0.904. The molecule has 3 nitrogen and oxygen atoms in total. The van der Waals surface area contributed by atoms with Gasteiger partial charge in [0, 0.05) is 18.4 Å². The molecule has 4 heteroatoms. The summed E-state index contributed by atoms with van der Waals surface area (Å²) in [6, 6.07) is 9.98. The molecular weight excluding hydrogens is 231 g/mol. The number of aryl methyl sites for hydroxylation is 1. The third-order valence-electron chi connectivity index (χ3n) is 2.89. The van der Waals surface area contributed by atoms with Crippen molar-refractivity contribution in [3.05, 3.63) is 53.5 Å². The maximum absolute atomic E-state index is 13.2. The molecule has 0 saturated heterocycles. The van der Waals surface area contributed by atoms with Crippen molar-refractivity contribution in [2.75, 3.05) is 11.9 Å². The van der Waals surface area contributed by atoms with Crippen molar-refractivity contribution in [2.45, 2.75) is 13.5 Å². The average Bonchev–Trinajstić information content (AvgIpc) is 2.37. The smallest absolute Gasteiger partial charge is 0.132 e. The summed E-state index contributed by atoms with van der Waals surface area (Å²) in [5.74, 6) is 0.443. The molecule has 0 spiro atoms. The Hall–Kier alpha value is -1.94. The number of pyridine rings is 1. The third kappa shape index (κ3) is 2.49. The first-order valence-electron chi connectivity index (χ1n) is 5.68. The van der Waals surface area contributed by atoms with Crippen LogP contribution in [0.4, 0.5) is 15.9 Å². The van der Waals surface area contributed by atoms with Crippen molar-refractivity contribution in [1.82, 2.24) is 4.98 Å². The molecule has 0 aliphatic rings. The summed E-state index contributed by atoms with van der Waals surface area (Å²) in [5.41, 5.74) is 2.31. The van der Waals surface area contributed by atoms with Gasteiger partial charge < -0.3 is 10.0 Å². The van der Waals surface area contributed by atoms with Crippen LogP contribution in [-0.2, 0) is 6.61 Å². The van der Waals surface area contributed by atoms with Gasteiger partial charge in [-0.2, -0.15) is 0 Å². The summed E-state index contributed by atoms with van der Waals surface area (Å²) in [6.07, 6.45) is 0. The second-order valence-electron chi connectivity index (χ2n) is 4.11. The Morgan fingerprint density at radius 1 is 1.28 bits per heavy atom. The van der Waals surface area contributed by atoms with Crippen LogP contribution in [-0.4, -0.2) is 17.1 Å². The number of benzene rings is 1. The van der Waals surface area contributed by atoms with E-state index in [2.05, 4.69) is 4.98 Å². The summed E-state index contributed by atoms with van der Waals surface area (Å²) in [5, 5.41) is 9.10. The number of aliphatic hydroxyl groups is 1. The lowest BCUT2D eigenvalue weighted by Gasteiger charge is -2.19. The molecule has 0 saturated carbocycles. The van der Waals surface area contributed by atoms with Crippen molar-refractivity contribution in [3.8, 4) is 0 Å². The van der Waals surface area contributed by atoms with Crippen molar-refractivity contribution in [1.29, 1.82) is 0 Å². The molecule has 94 valence electrons. The highest BCUT2D eigenvalue weighted by Crippen LogP contribution is 2.23. The molecule has 0 radical (unpaired) electrons. The number of nitrogens with zero attached hydrogens (tertiary/aromatic N) is 2. The SMILES string of the molecule is Cc1nc(N(C)c2cccc(F)c2)ccc1CO. The second-order valence-corrected chi connectivity index (χ2v) is 4.11. The molecule has 0 aliphatic heterocycles. The van der Waals surface area contributed by atoms with E-state index in [1.165, 1.54) is 12.1 Å². The summed E-state index contributed by atoms with van der Waals surface area (Å²) in [4.78, 5) is 6.20. The van der Waals surface area contributed by atoms with Gasteiger partial charge in [0.05, 0.1) is 6.61 Å². The van der Waals surface area contributed by atoms with Gasteiger partial charge in [-0.25, -0.2) is 9.37 Å². The monoisotopic (exact) mass is 246 g/mol. The molecule has 1 N–H and O–H groups in total. The van der Waals surface area contributed by atoms with E-state index in [0.717, 1.165) is 22.8 Å². The van der Waals surface area contributed by atoms with Gasteiger partial charge in [-0.05, 0) is 36.8 Å². The molecule has 0 fully saturated rings. The summed E-state index contributed by atoms with van der Waals surface area (Å²) < 4.78 is 13.2. The highest BCUT2D eigenvalue weighted by molar-refractivity contribution is 5.59. The predicted octanol–water partition coefficient (Wildman–Crippen LogP) is 2.79. The molecule has 2 rings (SSSR count). The normalized spacial score (nSPS) is 10.4. The van der Waals surface area contributed by atoms with Crippen LogP contribution in [0.25, 0.3) is 0 Å². The van der Waals surface area contributed by atoms with E-state index in [9.17, 15) is 4.39 Å². The van der Waals surface area contributed by atoms with Crippen LogP contribution in [0.5, 0.6) is 0 Å². The lowest BCUT2D eigenvalue weighted by Crippen LogP contribution is -2.12. The minimum Gasteiger partial charge on any atom is -0.392 e. The van der Waals surface area contributed by atoms with Crippen molar-refractivity contribution < 1.29 is 9.50 Å². The van der Waals surface area contributed by atoms with Crippen LogP contribution >= 0.6 is 0 Å². The lowest BCUT2D eigenvalue weighted by atomic mass is 10.2. The van der Waals surface area contributed by atoms with E-state index >= 15 is 0 Å². The molecule has 2 aromatic rings. The highest BCUT2D eigenvalue weighted by atomic mass is 19.1. The van der Waals surface area contributed by atoms with Crippen molar-refractivity contribution in [3.63, 3.8) is 0 Å². The lowest BCUT2D eigenvalue weighted by molar-refractivity contribution is 0.280. The summed E-state index contributed by atoms with van der Waals surface area (Å²) in [7, 11) is 1.83.